The van der Waals surface area contributed by atoms with E-state index in [4.69, 9.17) is 4.74 Å². The van der Waals surface area contributed by atoms with Crippen molar-refractivity contribution in [3.05, 3.63) is 64.1 Å². The Balaban J connectivity index is 1.84. The third kappa shape index (κ3) is 4.72. The third-order valence-electron chi connectivity index (χ3n) is 2.75. The summed E-state index contributed by atoms with van der Waals surface area (Å²) in [5, 5.41) is 2.66. The van der Waals surface area contributed by atoms with Crippen molar-refractivity contribution in [3.8, 4) is 0 Å². The van der Waals surface area contributed by atoms with E-state index in [-0.39, 0.29) is 12.5 Å². The van der Waals surface area contributed by atoms with E-state index in [0.29, 0.717) is 11.3 Å². The molecular weight excluding hydrogens is 334 g/mol. The van der Waals surface area contributed by atoms with E-state index in [1.54, 1.807) is 36.4 Å². The number of hydrogen-bond acceptors (Lipinski definition) is 3. The van der Waals surface area contributed by atoms with E-state index in [9.17, 15) is 9.59 Å². The summed E-state index contributed by atoms with van der Waals surface area (Å²) in [7, 11) is 0. The average molecular weight is 348 g/mol. The molecule has 0 saturated carbocycles. The summed E-state index contributed by atoms with van der Waals surface area (Å²) >= 11 is 3.28. The lowest BCUT2D eigenvalue weighted by atomic mass is 10.2. The predicted molar refractivity (Wildman–Crippen MR) is 84.2 cm³/mol. The lowest BCUT2D eigenvalue weighted by Crippen LogP contribution is -2.20. The molecule has 1 amide bonds. The molecule has 108 valence electrons. The fourth-order valence-corrected chi connectivity index (χ4v) is 1.90. The number of hydrogen-bond donors (Lipinski definition) is 1. The molecule has 5 heteroatoms. The molecule has 0 heterocycles. The van der Waals surface area contributed by atoms with Gasteiger partial charge >= 0.3 is 5.97 Å². The summed E-state index contributed by atoms with van der Waals surface area (Å²) in [5.41, 5.74) is 2.18. The molecule has 0 aromatic heterocycles. The summed E-state index contributed by atoms with van der Waals surface area (Å²) < 4.78 is 5.83. The summed E-state index contributed by atoms with van der Waals surface area (Å²) in [6, 6.07) is 14.1. The van der Waals surface area contributed by atoms with Gasteiger partial charge in [-0.05, 0) is 43.3 Å². The number of anilines is 1. The van der Waals surface area contributed by atoms with Gasteiger partial charge in [0.25, 0.3) is 5.91 Å². The number of halogens is 1. The van der Waals surface area contributed by atoms with E-state index in [2.05, 4.69) is 21.2 Å². The maximum atomic E-state index is 11.7. The van der Waals surface area contributed by atoms with Crippen molar-refractivity contribution in [2.75, 3.05) is 11.9 Å². The second-order valence-corrected chi connectivity index (χ2v) is 5.41. The highest BCUT2D eigenvalue weighted by Crippen LogP contribution is 2.11. The molecule has 4 nitrogen and oxygen atoms in total. The molecule has 0 atom stereocenters. The summed E-state index contributed by atoms with van der Waals surface area (Å²) in [6.45, 7) is 1.65. The van der Waals surface area contributed by atoms with Gasteiger partial charge in [0, 0.05) is 10.2 Å². The normalized spacial score (nSPS) is 10.0. The van der Waals surface area contributed by atoms with Crippen LogP contribution in [0.3, 0.4) is 0 Å². The Labute approximate surface area is 131 Å². The van der Waals surface area contributed by atoms with Crippen LogP contribution in [0, 0.1) is 6.92 Å². The first-order valence-electron chi connectivity index (χ1n) is 6.34. The van der Waals surface area contributed by atoms with Gasteiger partial charge in [-0.2, -0.15) is 0 Å². The van der Waals surface area contributed by atoms with Crippen LogP contribution >= 0.6 is 15.9 Å². The van der Waals surface area contributed by atoms with Crippen LogP contribution in [0.15, 0.2) is 53.0 Å². The topological polar surface area (TPSA) is 55.4 Å². The first-order valence-corrected chi connectivity index (χ1v) is 7.13. The Morgan fingerprint density at radius 3 is 2.29 bits per heavy atom. The van der Waals surface area contributed by atoms with Crippen molar-refractivity contribution in [2.24, 2.45) is 0 Å². The van der Waals surface area contributed by atoms with Crippen molar-refractivity contribution in [3.63, 3.8) is 0 Å². The second kappa shape index (κ2) is 7.04. The quantitative estimate of drug-likeness (QED) is 0.860. The molecule has 0 aliphatic carbocycles. The highest BCUT2D eigenvalue weighted by Gasteiger charge is 2.10. The Hall–Kier alpha value is -2.14. The van der Waals surface area contributed by atoms with Gasteiger partial charge in [0.2, 0.25) is 0 Å². The zero-order valence-corrected chi connectivity index (χ0v) is 13.0. The average Bonchev–Trinajstić information content (AvgIpc) is 2.48. The Morgan fingerprint density at radius 2 is 1.67 bits per heavy atom. The second-order valence-electron chi connectivity index (χ2n) is 4.50. The van der Waals surface area contributed by atoms with Crippen molar-refractivity contribution in [2.45, 2.75) is 6.92 Å². The molecule has 0 saturated heterocycles. The molecule has 2 aromatic carbocycles. The number of aryl methyl sites for hydroxylation is 1. The number of benzene rings is 2. The van der Waals surface area contributed by atoms with Crippen molar-refractivity contribution < 1.29 is 14.3 Å². The van der Waals surface area contributed by atoms with Crippen molar-refractivity contribution in [1.29, 1.82) is 0 Å². The monoisotopic (exact) mass is 347 g/mol. The maximum Gasteiger partial charge on any atom is 0.338 e. The number of esters is 1. The van der Waals surface area contributed by atoms with Gasteiger partial charge in [-0.15, -0.1) is 0 Å². The molecule has 0 radical (unpaired) electrons. The van der Waals surface area contributed by atoms with Crippen LogP contribution in [-0.4, -0.2) is 18.5 Å². The van der Waals surface area contributed by atoms with E-state index in [1.165, 1.54) is 0 Å². The largest absolute Gasteiger partial charge is 0.452 e. The molecule has 0 unspecified atom stereocenters. The van der Waals surface area contributed by atoms with Crippen LogP contribution in [0.4, 0.5) is 5.69 Å². The molecule has 0 fully saturated rings. The minimum absolute atomic E-state index is 0.317. The number of amides is 1. The maximum absolute atomic E-state index is 11.7. The molecule has 0 aliphatic rings. The smallest absolute Gasteiger partial charge is 0.338 e. The van der Waals surface area contributed by atoms with Crippen molar-refractivity contribution in [1.82, 2.24) is 0 Å². The zero-order chi connectivity index (χ0) is 15.2. The summed E-state index contributed by atoms with van der Waals surface area (Å²) in [4.78, 5) is 23.4. The molecule has 1 N–H and O–H groups in total. The van der Waals surface area contributed by atoms with Crippen LogP contribution in [0.2, 0.25) is 0 Å². The van der Waals surface area contributed by atoms with E-state index >= 15 is 0 Å². The van der Waals surface area contributed by atoms with Crippen LogP contribution in [0.5, 0.6) is 0 Å². The van der Waals surface area contributed by atoms with Gasteiger partial charge in [0.1, 0.15) is 0 Å². The molecule has 0 aliphatic heterocycles. The number of nitrogens with one attached hydrogen (secondary N) is 1. The number of carbonyl (C=O) groups is 2. The highest BCUT2D eigenvalue weighted by atomic mass is 79.9. The van der Waals surface area contributed by atoms with Gasteiger partial charge in [0.05, 0.1) is 5.56 Å². The Bertz CT molecular complexity index is 636. The van der Waals surface area contributed by atoms with Crippen LogP contribution in [0.1, 0.15) is 15.9 Å². The van der Waals surface area contributed by atoms with Gasteiger partial charge in [-0.3, -0.25) is 4.79 Å². The minimum Gasteiger partial charge on any atom is -0.452 e. The van der Waals surface area contributed by atoms with Crippen LogP contribution in [0.25, 0.3) is 0 Å². The molecular formula is C16H14BrNO3. The standard InChI is InChI=1S/C16H14BrNO3/c1-11-2-8-14(9-3-11)18-15(19)10-21-16(20)12-4-6-13(17)7-5-12/h2-9H,10H2,1H3,(H,18,19). The molecule has 0 bridgehead atoms. The number of ether oxygens (including phenoxy) is 1. The molecule has 0 spiro atoms. The lowest BCUT2D eigenvalue weighted by Gasteiger charge is -2.07. The van der Waals surface area contributed by atoms with Crippen molar-refractivity contribution >= 4 is 33.5 Å². The molecule has 21 heavy (non-hydrogen) atoms. The third-order valence-corrected chi connectivity index (χ3v) is 3.28. The van der Waals surface area contributed by atoms with Gasteiger partial charge in [-0.25, -0.2) is 4.79 Å². The van der Waals surface area contributed by atoms with Crippen LogP contribution in [-0.2, 0) is 9.53 Å². The van der Waals surface area contributed by atoms with E-state index in [1.807, 2.05) is 19.1 Å². The zero-order valence-electron chi connectivity index (χ0n) is 11.4. The minimum atomic E-state index is -0.526. The summed E-state index contributed by atoms with van der Waals surface area (Å²) in [6.07, 6.45) is 0. The lowest BCUT2D eigenvalue weighted by molar-refractivity contribution is -0.119. The van der Waals surface area contributed by atoms with Gasteiger partial charge in [0.15, 0.2) is 6.61 Å². The Kier molecular flexibility index (Phi) is 5.11. The highest BCUT2D eigenvalue weighted by molar-refractivity contribution is 9.10. The number of rotatable bonds is 4. The first-order chi connectivity index (χ1) is 10.0. The van der Waals surface area contributed by atoms with E-state index < -0.39 is 5.97 Å². The fraction of sp³-hybridized carbons (Fsp3) is 0.125. The van der Waals surface area contributed by atoms with Crippen LogP contribution < -0.4 is 5.32 Å². The summed E-state index contributed by atoms with van der Waals surface area (Å²) in [5.74, 6) is -0.897. The number of carbonyl (C=O) groups excluding carboxylic acids is 2. The Morgan fingerprint density at radius 1 is 1.05 bits per heavy atom. The predicted octanol–water partition coefficient (Wildman–Crippen LogP) is 3.55. The SMILES string of the molecule is Cc1ccc(NC(=O)COC(=O)c2ccc(Br)cc2)cc1. The van der Waals surface area contributed by atoms with Gasteiger partial charge < -0.3 is 10.1 Å². The van der Waals surface area contributed by atoms with E-state index in [0.717, 1.165) is 10.0 Å². The first kappa shape index (κ1) is 15.3. The fourth-order valence-electron chi connectivity index (χ4n) is 1.63. The molecule has 2 rings (SSSR count). The molecule has 2 aromatic rings. The van der Waals surface area contributed by atoms with Gasteiger partial charge in [-0.1, -0.05) is 33.6 Å².